The van der Waals surface area contributed by atoms with E-state index in [1.54, 1.807) is 0 Å². The number of hydrogen-bond donors (Lipinski definition) is 1. The Morgan fingerprint density at radius 1 is 1.43 bits per heavy atom. The minimum Gasteiger partial charge on any atom is -0.469 e. The van der Waals surface area contributed by atoms with Gasteiger partial charge in [0.1, 0.15) is 12.1 Å². The van der Waals surface area contributed by atoms with Crippen LogP contribution in [-0.4, -0.2) is 45.7 Å². The Morgan fingerprint density at radius 2 is 2.24 bits per heavy atom. The van der Waals surface area contributed by atoms with E-state index in [1.165, 1.54) is 24.2 Å². The van der Waals surface area contributed by atoms with Crippen LogP contribution in [0.1, 0.15) is 16.8 Å². The highest BCUT2D eigenvalue weighted by molar-refractivity contribution is 5.97. The van der Waals surface area contributed by atoms with Gasteiger partial charge in [-0.1, -0.05) is 0 Å². The molecular weight excluding hydrogens is 281 g/mol. The van der Waals surface area contributed by atoms with E-state index < -0.39 is 17.7 Å². The van der Waals surface area contributed by atoms with Crippen LogP contribution in [0.15, 0.2) is 24.5 Å². The van der Waals surface area contributed by atoms with Crippen molar-refractivity contribution < 1.29 is 18.7 Å². The lowest BCUT2D eigenvalue weighted by Gasteiger charge is -2.09. The maximum absolute atomic E-state index is 13.3. The van der Waals surface area contributed by atoms with Crippen molar-refractivity contribution in [2.45, 2.75) is 6.42 Å². The summed E-state index contributed by atoms with van der Waals surface area (Å²) in [7, 11) is 1.26. The number of carbonyl (C=O) groups excluding carboxylic acids is 2. The van der Waals surface area contributed by atoms with E-state index in [0.29, 0.717) is 0 Å². The number of methoxy groups -OCH3 is 1. The molecule has 0 fully saturated rings. The minimum absolute atomic E-state index is 0.0453. The molecule has 0 unspecified atom stereocenters. The van der Waals surface area contributed by atoms with Crippen LogP contribution in [0.2, 0.25) is 0 Å². The van der Waals surface area contributed by atoms with Crippen LogP contribution in [0.4, 0.5) is 4.39 Å². The number of halogens is 1. The smallest absolute Gasteiger partial charge is 0.307 e. The molecule has 1 aromatic heterocycles. The second kappa shape index (κ2) is 6.55. The number of hydrogen-bond acceptors (Lipinski definition) is 6. The van der Waals surface area contributed by atoms with E-state index in [0.717, 1.165) is 12.1 Å². The Morgan fingerprint density at radius 3 is 2.90 bits per heavy atom. The summed E-state index contributed by atoms with van der Waals surface area (Å²) >= 11 is 0. The Labute approximate surface area is 118 Å². The summed E-state index contributed by atoms with van der Waals surface area (Å²) in [4.78, 5) is 23.0. The summed E-state index contributed by atoms with van der Waals surface area (Å²) in [6, 6.07) is 3.62. The first-order chi connectivity index (χ1) is 10.1. The number of amides is 1. The molecule has 0 aliphatic heterocycles. The fourth-order valence-corrected chi connectivity index (χ4v) is 1.63. The zero-order chi connectivity index (χ0) is 15.2. The van der Waals surface area contributed by atoms with E-state index in [2.05, 4.69) is 25.6 Å². The van der Waals surface area contributed by atoms with Crippen LogP contribution in [0.25, 0.3) is 5.69 Å². The van der Waals surface area contributed by atoms with E-state index in [9.17, 15) is 14.0 Å². The highest BCUT2D eigenvalue weighted by Crippen LogP contribution is 2.15. The van der Waals surface area contributed by atoms with Crippen molar-refractivity contribution in [3.05, 3.63) is 35.9 Å². The topological polar surface area (TPSA) is 99.0 Å². The Balaban J connectivity index is 2.16. The summed E-state index contributed by atoms with van der Waals surface area (Å²) in [6.45, 7) is 0.109. The molecule has 2 rings (SSSR count). The van der Waals surface area contributed by atoms with Crippen LogP contribution < -0.4 is 5.32 Å². The molecular formula is C12H12FN5O3. The molecule has 0 bridgehead atoms. The van der Waals surface area contributed by atoms with Crippen molar-refractivity contribution in [2.24, 2.45) is 0 Å². The normalized spacial score (nSPS) is 10.2. The van der Waals surface area contributed by atoms with E-state index in [4.69, 9.17) is 0 Å². The first kappa shape index (κ1) is 14.6. The third kappa shape index (κ3) is 3.59. The number of tetrazole rings is 1. The van der Waals surface area contributed by atoms with Gasteiger partial charge >= 0.3 is 5.97 Å². The molecule has 1 heterocycles. The molecule has 1 aromatic carbocycles. The van der Waals surface area contributed by atoms with Gasteiger partial charge in [-0.3, -0.25) is 9.59 Å². The molecule has 110 valence electrons. The number of carbonyl (C=O) groups is 2. The van der Waals surface area contributed by atoms with Gasteiger partial charge in [0.05, 0.1) is 24.8 Å². The molecule has 0 atom stereocenters. The van der Waals surface area contributed by atoms with Crippen molar-refractivity contribution in [1.29, 1.82) is 0 Å². The number of nitrogens with zero attached hydrogens (tertiary/aromatic N) is 4. The summed E-state index contributed by atoms with van der Waals surface area (Å²) in [5.74, 6) is -1.42. The number of esters is 1. The Hall–Kier alpha value is -2.84. The van der Waals surface area contributed by atoms with Crippen molar-refractivity contribution >= 4 is 11.9 Å². The fourth-order valence-electron chi connectivity index (χ4n) is 1.63. The molecule has 0 saturated heterocycles. The van der Waals surface area contributed by atoms with Crippen molar-refractivity contribution in [1.82, 2.24) is 25.5 Å². The van der Waals surface area contributed by atoms with Crippen LogP contribution >= 0.6 is 0 Å². The number of rotatable bonds is 5. The van der Waals surface area contributed by atoms with Gasteiger partial charge < -0.3 is 10.1 Å². The fraction of sp³-hybridized carbons (Fsp3) is 0.250. The monoisotopic (exact) mass is 293 g/mol. The number of nitrogens with one attached hydrogen (secondary N) is 1. The van der Waals surface area contributed by atoms with Gasteiger partial charge in [-0.05, 0) is 22.6 Å². The molecule has 2 aromatic rings. The second-order valence-electron chi connectivity index (χ2n) is 4.00. The SMILES string of the molecule is COC(=O)CCNC(=O)c1ccc(F)cc1-n1cnnn1. The lowest BCUT2D eigenvalue weighted by molar-refractivity contribution is -0.140. The number of ether oxygens (including phenoxy) is 1. The highest BCUT2D eigenvalue weighted by atomic mass is 19.1. The summed E-state index contributed by atoms with van der Waals surface area (Å²) in [6.07, 6.45) is 1.30. The molecule has 0 aliphatic carbocycles. The summed E-state index contributed by atoms with van der Waals surface area (Å²) in [5, 5.41) is 13.1. The third-order valence-corrected chi connectivity index (χ3v) is 2.64. The molecule has 0 aliphatic rings. The standard InChI is InChI=1S/C12H12FN5O3/c1-21-11(19)4-5-14-12(20)9-3-2-8(13)6-10(9)18-7-15-16-17-18/h2-3,6-7H,4-5H2,1H3,(H,14,20). The molecule has 0 spiro atoms. The zero-order valence-electron chi connectivity index (χ0n) is 11.1. The molecule has 1 N–H and O–H groups in total. The van der Waals surface area contributed by atoms with Gasteiger partial charge in [-0.25, -0.2) is 4.39 Å². The van der Waals surface area contributed by atoms with Crippen LogP contribution in [-0.2, 0) is 9.53 Å². The average Bonchev–Trinajstić information content (AvgIpc) is 3.00. The predicted molar refractivity (Wildman–Crippen MR) is 68.1 cm³/mol. The van der Waals surface area contributed by atoms with E-state index in [-0.39, 0.29) is 24.2 Å². The zero-order valence-corrected chi connectivity index (χ0v) is 11.1. The lowest BCUT2D eigenvalue weighted by atomic mass is 10.1. The molecule has 9 heteroatoms. The number of aromatic nitrogens is 4. The minimum atomic E-state index is -0.522. The largest absolute Gasteiger partial charge is 0.469 e. The Bertz CT molecular complexity index is 644. The Kier molecular flexibility index (Phi) is 4.54. The van der Waals surface area contributed by atoms with Gasteiger partial charge in [-0.15, -0.1) is 5.10 Å². The summed E-state index contributed by atoms with van der Waals surface area (Å²) < 4.78 is 19.0. The maximum atomic E-state index is 13.3. The van der Waals surface area contributed by atoms with Crippen molar-refractivity contribution in [3.8, 4) is 5.69 Å². The van der Waals surface area contributed by atoms with Crippen LogP contribution in [0.5, 0.6) is 0 Å². The van der Waals surface area contributed by atoms with Gasteiger partial charge in [0.25, 0.3) is 5.91 Å². The van der Waals surface area contributed by atoms with Crippen molar-refractivity contribution in [3.63, 3.8) is 0 Å². The molecule has 0 saturated carbocycles. The van der Waals surface area contributed by atoms with Gasteiger partial charge in [0, 0.05) is 12.6 Å². The highest BCUT2D eigenvalue weighted by Gasteiger charge is 2.15. The van der Waals surface area contributed by atoms with Crippen molar-refractivity contribution in [2.75, 3.05) is 13.7 Å². The van der Waals surface area contributed by atoms with Gasteiger partial charge in [0.2, 0.25) is 0 Å². The van der Waals surface area contributed by atoms with Crippen LogP contribution in [0, 0.1) is 5.82 Å². The molecule has 8 nitrogen and oxygen atoms in total. The maximum Gasteiger partial charge on any atom is 0.307 e. The van der Waals surface area contributed by atoms with Gasteiger partial charge in [-0.2, -0.15) is 4.68 Å². The molecule has 1 amide bonds. The first-order valence-corrected chi connectivity index (χ1v) is 5.99. The van der Waals surface area contributed by atoms with Gasteiger partial charge in [0.15, 0.2) is 0 Å². The molecule has 0 radical (unpaired) electrons. The summed E-state index contributed by atoms with van der Waals surface area (Å²) in [5.41, 5.74) is 0.393. The quantitative estimate of drug-likeness (QED) is 0.785. The van der Waals surface area contributed by atoms with E-state index >= 15 is 0 Å². The predicted octanol–water partition coefficient (Wildman–Crippen LogP) is 0.0943. The molecule has 21 heavy (non-hydrogen) atoms. The number of benzene rings is 1. The lowest BCUT2D eigenvalue weighted by Crippen LogP contribution is -2.27. The third-order valence-electron chi connectivity index (χ3n) is 2.64. The second-order valence-corrected chi connectivity index (χ2v) is 4.00. The van der Waals surface area contributed by atoms with E-state index in [1.807, 2.05) is 0 Å². The van der Waals surface area contributed by atoms with Crippen LogP contribution in [0.3, 0.4) is 0 Å². The average molecular weight is 293 g/mol. The first-order valence-electron chi connectivity index (χ1n) is 5.99.